The van der Waals surface area contributed by atoms with Crippen LogP contribution in [0.2, 0.25) is 0 Å². The van der Waals surface area contributed by atoms with Gasteiger partial charge in [-0.1, -0.05) is 24.3 Å². The van der Waals surface area contributed by atoms with E-state index in [4.69, 9.17) is 4.74 Å². The Morgan fingerprint density at radius 2 is 2.04 bits per heavy atom. The molecule has 0 fully saturated rings. The highest BCUT2D eigenvalue weighted by Crippen LogP contribution is 2.17. The quantitative estimate of drug-likeness (QED) is 0.849. The predicted molar refractivity (Wildman–Crippen MR) is 95.0 cm³/mol. The number of aromatic nitrogens is 1. The van der Waals surface area contributed by atoms with E-state index >= 15 is 0 Å². The first kappa shape index (κ1) is 17.8. The molecule has 0 aliphatic heterocycles. The first-order chi connectivity index (χ1) is 11.6. The second-order valence-corrected chi connectivity index (χ2v) is 5.88. The third-order valence-corrected chi connectivity index (χ3v) is 3.82. The van der Waals surface area contributed by atoms with Crippen molar-refractivity contribution in [1.29, 1.82) is 0 Å². The Hall–Kier alpha value is -2.56. The molecular weight excluding hydrogens is 302 g/mol. The zero-order valence-corrected chi connectivity index (χ0v) is 14.5. The molecule has 128 valence electrons. The van der Waals surface area contributed by atoms with Gasteiger partial charge in [0.1, 0.15) is 5.75 Å². The number of hydrogen-bond donors (Lipinski definition) is 1. The van der Waals surface area contributed by atoms with E-state index in [1.54, 1.807) is 24.4 Å². The lowest BCUT2D eigenvalue weighted by atomic mass is 10.1. The second kappa shape index (κ2) is 8.91. The van der Waals surface area contributed by atoms with Gasteiger partial charge in [0.15, 0.2) is 0 Å². The lowest BCUT2D eigenvalue weighted by molar-refractivity contribution is 0.180. The van der Waals surface area contributed by atoms with Crippen LogP contribution in [0.3, 0.4) is 0 Å². The van der Waals surface area contributed by atoms with Gasteiger partial charge in [-0.05, 0) is 43.5 Å². The molecule has 2 aromatic rings. The van der Waals surface area contributed by atoms with Crippen molar-refractivity contribution < 1.29 is 9.53 Å². The summed E-state index contributed by atoms with van der Waals surface area (Å²) in [6, 6.07) is 11.8. The van der Waals surface area contributed by atoms with Crippen molar-refractivity contribution in [2.24, 2.45) is 0 Å². The lowest BCUT2D eigenvalue weighted by Gasteiger charge is -2.27. The summed E-state index contributed by atoms with van der Waals surface area (Å²) in [7, 11) is 1.66. The van der Waals surface area contributed by atoms with E-state index in [0.29, 0.717) is 13.1 Å². The van der Waals surface area contributed by atoms with Gasteiger partial charge in [-0.25, -0.2) is 4.79 Å². The van der Waals surface area contributed by atoms with E-state index in [2.05, 4.69) is 10.3 Å². The Bertz CT molecular complexity index is 644. The van der Waals surface area contributed by atoms with Crippen LogP contribution < -0.4 is 10.1 Å². The van der Waals surface area contributed by atoms with Gasteiger partial charge in [-0.2, -0.15) is 0 Å². The van der Waals surface area contributed by atoms with Crippen molar-refractivity contribution in [2.45, 2.75) is 32.9 Å². The van der Waals surface area contributed by atoms with Crippen LogP contribution in [0.5, 0.6) is 5.75 Å². The molecule has 1 aromatic heterocycles. The summed E-state index contributed by atoms with van der Waals surface area (Å²) in [6.45, 7) is 5.13. The smallest absolute Gasteiger partial charge is 0.317 e. The Labute approximate surface area is 143 Å². The minimum absolute atomic E-state index is 0.0660. The summed E-state index contributed by atoms with van der Waals surface area (Å²) in [5.74, 6) is 0.850. The second-order valence-electron chi connectivity index (χ2n) is 5.88. The molecule has 0 aliphatic rings. The number of amides is 2. The van der Waals surface area contributed by atoms with Gasteiger partial charge in [-0.3, -0.25) is 4.98 Å². The highest BCUT2D eigenvalue weighted by molar-refractivity contribution is 5.74. The molecule has 0 saturated carbocycles. The number of nitrogens with zero attached hydrogens (tertiary/aromatic N) is 2. The predicted octanol–water partition coefficient (Wildman–Crippen LogP) is 3.25. The van der Waals surface area contributed by atoms with Crippen molar-refractivity contribution in [3.8, 4) is 5.75 Å². The molecule has 1 aromatic carbocycles. The highest BCUT2D eigenvalue weighted by atomic mass is 16.5. The van der Waals surface area contributed by atoms with Crippen LogP contribution in [0.1, 0.15) is 25.0 Å². The summed E-state index contributed by atoms with van der Waals surface area (Å²) >= 11 is 0. The molecule has 2 rings (SSSR count). The average Bonchev–Trinajstić information content (AvgIpc) is 2.60. The maximum Gasteiger partial charge on any atom is 0.317 e. The largest absolute Gasteiger partial charge is 0.496 e. The zero-order chi connectivity index (χ0) is 17.4. The van der Waals surface area contributed by atoms with Gasteiger partial charge in [0.05, 0.1) is 7.11 Å². The van der Waals surface area contributed by atoms with Crippen LogP contribution in [0, 0.1) is 0 Å². The van der Waals surface area contributed by atoms with Crippen molar-refractivity contribution in [3.05, 3.63) is 59.9 Å². The number of ether oxygens (including phenoxy) is 1. The van der Waals surface area contributed by atoms with Crippen molar-refractivity contribution >= 4 is 6.03 Å². The number of carbonyl (C=O) groups excluding carboxylic acids is 1. The number of carbonyl (C=O) groups is 1. The highest BCUT2D eigenvalue weighted by Gasteiger charge is 2.17. The number of urea groups is 1. The van der Waals surface area contributed by atoms with Crippen LogP contribution in [-0.2, 0) is 13.0 Å². The molecule has 0 bridgehead atoms. The first-order valence-electron chi connectivity index (χ1n) is 8.17. The number of para-hydroxylation sites is 1. The molecule has 24 heavy (non-hydrogen) atoms. The maximum absolute atomic E-state index is 12.5. The van der Waals surface area contributed by atoms with E-state index in [9.17, 15) is 4.79 Å². The van der Waals surface area contributed by atoms with E-state index in [-0.39, 0.29) is 12.1 Å². The van der Waals surface area contributed by atoms with Crippen LogP contribution in [0.25, 0.3) is 0 Å². The summed E-state index contributed by atoms with van der Waals surface area (Å²) in [5, 5.41) is 3.00. The first-order valence-corrected chi connectivity index (χ1v) is 8.17. The van der Waals surface area contributed by atoms with Gasteiger partial charge < -0.3 is 15.0 Å². The Morgan fingerprint density at radius 3 is 2.71 bits per heavy atom. The molecule has 1 N–H and O–H groups in total. The molecule has 5 heteroatoms. The van der Waals surface area contributed by atoms with Crippen LogP contribution in [-0.4, -0.2) is 35.6 Å². The molecule has 0 aliphatic carbocycles. The molecule has 0 saturated heterocycles. The Kier molecular flexibility index (Phi) is 6.61. The van der Waals surface area contributed by atoms with Crippen molar-refractivity contribution in [2.75, 3.05) is 13.7 Å². The van der Waals surface area contributed by atoms with Crippen molar-refractivity contribution in [3.63, 3.8) is 0 Å². The third kappa shape index (κ3) is 4.98. The maximum atomic E-state index is 12.5. The summed E-state index contributed by atoms with van der Waals surface area (Å²) in [4.78, 5) is 18.4. The third-order valence-electron chi connectivity index (χ3n) is 3.82. The topological polar surface area (TPSA) is 54.5 Å². The monoisotopic (exact) mass is 327 g/mol. The summed E-state index contributed by atoms with van der Waals surface area (Å²) in [6.07, 6.45) is 4.25. The molecule has 1 heterocycles. The Balaban J connectivity index is 1.91. The summed E-state index contributed by atoms with van der Waals surface area (Å²) < 4.78 is 5.34. The van der Waals surface area contributed by atoms with Gasteiger partial charge in [-0.15, -0.1) is 0 Å². The fourth-order valence-electron chi connectivity index (χ4n) is 2.49. The van der Waals surface area contributed by atoms with Crippen LogP contribution in [0.15, 0.2) is 48.8 Å². The number of rotatable bonds is 7. The number of methoxy groups -OCH3 is 1. The van der Waals surface area contributed by atoms with Crippen molar-refractivity contribution in [1.82, 2.24) is 15.2 Å². The van der Waals surface area contributed by atoms with Gasteiger partial charge in [0, 0.05) is 31.5 Å². The fourth-order valence-corrected chi connectivity index (χ4v) is 2.49. The minimum atomic E-state index is -0.0660. The van der Waals surface area contributed by atoms with Gasteiger partial charge in [0.25, 0.3) is 0 Å². The molecule has 0 spiro atoms. The lowest BCUT2D eigenvalue weighted by Crippen LogP contribution is -2.44. The SMILES string of the molecule is COc1ccccc1CCNC(=O)N(Cc1cccnc1)C(C)C. The van der Waals surface area contributed by atoms with E-state index in [0.717, 1.165) is 23.3 Å². The fraction of sp³-hybridized carbons (Fsp3) is 0.368. The standard InChI is InChI=1S/C19H25N3O2/c1-15(2)22(14-16-7-6-11-20-13-16)19(23)21-12-10-17-8-4-5-9-18(17)24-3/h4-9,11,13,15H,10,12,14H2,1-3H3,(H,21,23). The number of benzene rings is 1. The van der Waals surface area contributed by atoms with E-state index in [1.165, 1.54) is 0 Å². The number of pyridine rings is 1. The normalized spacial score (nSPS) is 10.5. The molecule has 0 unspecified atom stereocenters. The van der Waals surface area contributed by atoms with Gasteiger partial charge in [0.2, 0.25) is 0 Å². The van der Waals surface area contributed by atoms with Gasteiger partial charge >= 0.3 is 6.03 Å². The minimum Gasteiger partial charge on any atom is -0.496 e. The molecular formula is C19H25N3O2. The number of hydrogen-bond acceptors (Lipinski definition) is 3. The van der Waals surface area contributed by atoms with E-state index < -0.39 is 0 Å². The molecule has 0 radical (unpaired) electrons. The zero-order valence-electron chi connectivity index (χ0n) is 14.5. The molecule has 2 amide bonds. The molecule has 5 nitrogen and oxygen atoms in total. The van der Waals surface area contributed by atoms with Crippen LogP contribution >= 0.6 is 0 Å². The Morgan fingerprint density at radius 1 is 1.25 bits per heavy atom. The number of nitrogens with one attached hydrogen (secondary N) is 1. The van der Waals surface area contributed by atoms with E-state index in [1.807, 2.05) is 50.2 Å². The van der Waals surface area contributed by atoms with Crippen LogP contribution in [0.4, 0.5) is 4.79 Å². The average molecular weight is 327 g/mol. The molecule has 0 atom stereocenters. The summed E-state index contributed by atoms with van der Waals surface area (Å²) in [5.41, 5.74) is 2.11.